The van der Waals surface area contributed by atoms with Gasteiger partial charge in [-0.25, -0.2) is 9.97 Å². The lowest BCUT2D eigenvalue weighted by molar-refractivity contribution is 0.278. The van der Waals surface area contributed by atoms with E-state index >= 15 is 0 Å². The molecule has 21 heavy (non-hydrogen) atoms. The third-order valence-electron chi connectivity index (χ3n) is 4.45. The van der Waals surface area contributed by atoms with Gasteiger partial charge in [0.1, 0.15) is 0 Å². The van der Waals surface area contributed by atoms with Gasteiger partial charge in [0.15, 0.2) is 5.82 Å². The van der Waals surface area contributed by atoms with Crippen molar-refractivity contribution in [1.29, 1.82) is 0 Å². The molecule has 0 fully saturated rings. The largest absolute Gasteiger partial charge is 0.324 e. The Hall–Kier alpha value is -1.75. The van der Waals surface area contributed by atoms with Crippen LogP contribution in [0.3, 0.4) is 0 Å². The van der Waals surface area contributed by atoms with Crippen LogP contribution in [0.1, 0.15) is 49.0 Å². The third kappa shape index (κ3) is 2.35. The van der Waals surface area contributed by atoms with Crippen molar-refractivity contribution in [3.8, 4) is 11.4 Å². The third-order valence-corrected chi connectivity index (χ3v) is 4.45. The quantitative estimate of drug-likeness (QED) is 0.874. The normalized spacial score (nSPS) is 20.4. The van der Waals surface area contributed by atoms with E-state index in [-0.39, 0.29) is 11.5 Å². The number of aryl methyl sites for hydroxylation is 2. The Bertz CT molecular complexity index is 699. The van der Waals surface area contributed by atoms with E-state index in [0.717, 1.165) is 46.9 Å². The predicted molar refractivity (Wildman–Crippen MR) is 82.7 cm³/mol. The topological polar surface area (TPSA) is 69.6 Å². The van der Waals surface area contributed by atoms with Crippen molar-refractivity contribution in [2.24, 2.45) is 18.2 Å². The van der Waals surface area contributed by atoms with Crippen LogP contribution < -0.4 is 5.73 Å². The molecule has 1 unspecified atom stereocenters. The van der Waals surface area contributed by atoms with Crippen LogP contribution in [0.15, 0.2) is 6.20 Å². The Morgan fingerprint density at radius 1 is 1.33 bits per heavy atom. The highest BCUT2D eigenvalue weighted by Gasteiger charge is 2.32. The fourth-order valence-corrected chi connectivity index (χ4v) is 3.33. The number of hydrogen-bond acceptors (Lipinski definition) is 4. The highest BCUT2D eigenvalue weighted by Crippen LogP contribution is 2.39. The minimum absolute atomic E-state index is 0.0360. The van der Waals surface area contributed by atoms with E-state index in [1.807, 2.05) is 31.8 Å². The van der Waals surface area contributed by atoms with Crippen LogP contribution >= 0.6 is 0 Å². The average molecular weight is 285 g/mol. The maximum atomic E-state index is 6.28. The summed E-state index contributed by atoms with van der Waals surface area (Å²) < 4.78 is 1.88. The van der Waals surface area contributed by atoms with Crippen molar-refractivity contribution in [3.63, 3.8) is 0 Å². The molecule has 0 saturated carbocycles. The first kappa shape index (κ1) is 14.2. The van der Waals surface area contributed by atoms with Crippen LogP contribution in [-0.4, -0.2) is 19.7 Å². The number of rotatable bonds is 1. The molecule has 0 radical (unpaired) electrons. The highest BCUT2D eigenvalue weighted by atomic mass is 15.3. The summed E-state index contributed by atoms with van der Waals surface area (Å²) in [4.78, 5) is 9.37. The summed E-state index contributed by atoms with van der Waals surface area (Å²) in [6.45, 7) is 8.55. The zero-order valence-electron chi connectivity index (χ0n) is 13.4. The van der Waals surface area contributed by atoms with Gasteiger partial charge in [-0.3, -0.25) is 4.68 Å². The highest BCUT2D eigenvalue weighted by molar-refractivity contribution is 5.61. The van der Waals surface area contributed by atoms with Gasteiger partial charge in [0.2, 0.25) is 0 Å². The van der Waals surface area contributed by atoms with Gasteiger partial charge in [0.25, 0.3) is 0 Å². The molecule has 0 aliphatic heterocycles. The zero-order chi connectivity index (χ0) is 15.4. The molecule has 0 amide bonds. The fourth-order valence-electron chi connectivity index (χ4n) is 3.33. The van der Waals surface area contributed by atoms with Crippen molar-refractivity contribution in [3.05, 3.63) is 28.8 Å². The maximum absolute atomic E-state index is 6.28. The minimum atomic E-state index is 0.0360. The van der Waals surface area contributed by atoms with Crippen LogP contribution in [0.25, 0.3) is 11.4 Å². The second kappa shape index (κ2) is 4.63. The summed E-state index contributed by atoms with van der Waals surface area (Å²) in [7, 11) is 1.95. The molecule has 0 bridgehead atoms. The summed E-state index contributed by atoms with van der Waals surface area (Å²) in [5.74, 6) is 0.766. The molecule has 5 nitrogen and oxygen atoms in total. The van der Waals surface area contributed by atoms with E-state index in [9.17, 15) is 0 Å². The van der Waals surface area contributed by atoms with Crippen LogP contribution in [-0.2, 0) is 13.5 Å². The summed E-state index contributed by atoms with van der Waals surface area (Å²) >= 11 is 0. The second-order valence-electron chi connectivity index (χ2n) is 6.92. The van der Waals surface area contributed by atoms with Gasteiger partial charge in [-0.05, 0) is 32.1 Å². The molecule has 5 heteroatoms. The number of hydrogen-bond donors (Lipinski definition) is 1. The Kier molecular flexibility index (Phi) is 3.13. The Morgan fingerprint density at radius 2 is 2.05 bits per heavy atom. The van der Waals surface area contributed by atoms with Gasteiger partial charge in [0.05, 0.1) is 11.3 Å². The fraction of sp³-hybridized carbons (Fsp3) is 0.562. The molecule has 2 heterocycles. The number of aromatic nitrogens is 4. The second-order valence-corrected chi connectivity index (χ2v) is 6.92. The molecule has 1 aliphatic carbocycles. The van der Waals surface area contributed by atoms with Crippen LogP contribution in [0, 0.1) is 19.3 Å². The molecule has 1 atom stereocenters. The summed E-state index contributed by atoms with van der Waals surface area (Å²) in [6, 6.07) is 0.0360. The zero-order valence-corrected chi connectivity index (χ0v) is 13.4. The molecular formula is C16H23N5. The van der Waals surface area contributed by atoms with E-state index in [1.165, 1.54) is 0 Å². The molecule has 2 N–H and O–H groups in total. The molecule has 2 aromatic rings. The van der Waals surface area contributed by atoms with E-state index in [4.69, 9.17) is 10.7 Å². The molecular weight excluding hydrogens is 262 g/mol. The monoisotopic (exact) mass is 285 g/mol. The van der Waals surface area contributed by atoms with Gasteiger partial charge in [0, 0.05) is 36.2 Å². The van der Waals surface area contributed by atoms with Crippen LogP contribution in [0.5, 0.6) is 0 Å². The van der Waals surface area contributed by atoms with Crippen molar-refractivity contribution in [1.82, 2.24) is 19.7 Å². The van der Waals surface area contributed by atoms with Crippen molar-refractivity contribution < 1.29 is 0 Å². The lowest BCUT2D eigenvalue weighted by Gasteiger charge is -2.34. The average Bonchev–Trinajstić information content (AvgIpc) is 2.61. The molecule has 1 aliphatic rings. The summed E-state index contributed by atoms with van der Waals surface area (Å²) in [5, 5.41) is 4.45. The summed E-state index contributed by atoms with van der Waals surface area (Å²) in [5.41, 5.74) is 11.7. The lowest BCUT2D eigenvalue weighted by Crippen LogP contribution is -2.30. The number of fused-ring (bicyclic) bond motifs is 1. The standard InChI is InChI=1S/C16H23N5/c1-9-14(10(2)21(5)20-9)15-18-8-11-12(17)6-16(3,4)7-13(11)19-15/h8,12H,6-7,17H2,1-5H3. The molecule has 0 saturated heterocycles. The van der Waals surface area contributed by atoms with Gasteiger partial charge in [-0.15, -0.1) is 0 Å². The molecule has 112 valence electrons. The smallest absolute Gasteiger partial charge is 0.163 e. The minimum Gasteiger partial charge on any atom is -0.324 e. The van der Waals surface area contributed by atoms with E-state index in [1.54, 1.807) is 0 Å². The van der Waals surface area contributed by atoms with Gasteiger partial charge < -0.3 is 5.73 Å². The van der Waals surface area contributed by atoms with Gasteiger partial charge >= 0.3 is 0 Å². The van der Waals surface area contributed by atoms with Gasteiger partial charge in [-0.2, -0.15) is 5.10 Å². The Balaban J connectivity index is 2.12. The summed E-state index contributed by atoms with van der Waals surface area (Å²) in [6.07, 6.45) is 3.83. The molecule has 2 aromatic heterocycles. The van der Waals surface area contributed by atoms with Crippen molar-refractivity contribution in [2.45, 2.75) is 46.6 Å². The van der Waals surface area contributed by atoms with Crippen LogP contribution in [0.4, 0.5) is 0 Å². The van der Waals surface area contributed by atoms with Crippen LogP contribution in [0.2, 0.25) is 0 Å². The van der Waals surface area contributed by atoms with E-state index < -0.39 is 0 Å². The number of nitrogens with zero attached hydrogens (tertiary/aromatic N) is 4. The van der Waals surface area contributed by atoms with E-state index in [2.05, 4.69) is 23.9 Å². The first-order chi connectivity index (χ1) is 9.78. The SMILES string of the molecule is Cc1nn(C)c(C)c1-c1ncc2c(n1)CC(C)(C)CC2N. The molecule has 0 aromatic carbocycles. The first-order valence-electron chi connectivity index (χ1n) is 7.40. The van der Waals surface area contributed by atoms with Gasteiger partial charge in [-0.1, -0.05) is 13.8 Å². The predicted octanol–water partition coefficient (Wildman–Crippen LogP) is 2.47. The lowest BCUT2D eigenvalue weighted by atomic mass is 9.74. The van der Waals surface area contributed by atoms with Crippen molar-refractivity contribution >= 4 is 0 Å². The van der Waals surface area contributed by atoms with E-state index in [0.29, 0.717) is 0 Å². The van der Waals surface area contributed by atoms with Crippen molar-refractivity contribution in [2.75, 3.05) is 0 Å². The Labute approximate surface area is 125 Å². The maximum Gasteiger partial charge on any atom is 0.163 e. The first-order valence-corrected chi connectivity index (χ1v) is 7.40. The number of nitrogens with two attached hydrogens (primary N) is 1. The molecule has 3 rings (SSSR count). The molecule has 0 spiro atoms. The Morgan fingerprint density at radius 3 is 2.67 bits per heavy atom.